The highest BCUT2D eigenvalue weighted by molar-refractivity contribution is 5.06. The first-order valence-electron chi connectivity index (χ1n) is 5.51. The van der Waals surface area contributed by atoms with E-state index in [9.17, 15) is 0 Å². The predicted octanol–water partition coefficient (Wildman–Crippen LogP) is 2.67. The fraction of sp³-hybridized carbons (Fsp3) is 0.833. The van der Waals surface area contributed by atoms with Crippen molar-refractivity contribution in [3.8, 4) is 11.8 Å². The van der Waals surface area contributed by atoms with Crippen molar-refractivity contribution in [2.24, 2.45) is 11.8 Å². The zero-order chi connectivity index (χ0) is 10.1. The van der Waals surface area contributed by atoms with E-state index in [2.05, 4.69) is 31.0 Å². The number of rotatable bonds is 0. The van der Waals surface area contributed by atoms with Gasteiger partial charge >= 0.3 is 0 Å². The SMILES string of the molecule is CC.CC(C)C#CC1CCNCC1. The molecule has 0 aliphatic carbocycles. The second kappa shape index (κ2) is 8.13. The van der Waals surface area contributed by atoms with Gasteiger partial charge in [-0.2, -0.15) is 0 Å². The summed E-state index contributed by atoms with van der Waals surface area (Å²) in [5, 5.41) is 3.33. The van der Waals surface area contributed by atoms with Crippen molar-refractivity contribution in [3.05, 3.63) is 0 Å². The van der Waals surface area contributed by atoms with E-state index < -0.39 is 0 Å². The Morgan fingerprint density at radius 3 is 2.15 bits per heavy atom. The molecule has 1 N–H and O–H groups in total. The second-order valence-corrected chi connectivity index (χ2v) is 3.47. The molecule has 1 rings (SSSR count). The summed E-state index contributed by atoms with van der Waals surface area (Å²) >= 11 is 0. The molecular formula is C12H23N. The molecule has 1 saturated heterocycles. The minimum atomic E-state index is 0.532. The fourth-order valence-electron chi connectivity index (χ4n) is 1.25. The summed E-state index contributed by atoms with van der Waals surface area (Å²) in [6.07, 6.45) is 2.47. The zero-order valence-corrected chi connectivity index (χ0v) is 9.48. The van der Waals surface area contributed by atoms with E-state index in [0.717, 1.165) is 13.1 Å². The maximum absolute atomic E-state index is 3.33. The Hall–Kier alpha value is -0.480. The third kappa shape index (κ3) is 6.66. The van der Waals surface area contributed by atoms with Gasteiger partial charge in [0, 0.05) is 11.8 Å². The number of hydrogen-bond acceptors (Lipinski definition) is 1. The Labute approximate surface area is 83.3 Å². The minimum absolute atomic E-state index is 0.532. The first-order chi connectivity index (χ1) is 6.29. The minimum Gasteiger partial charge on any atom is -0.317 e. The van der Waals surface area contributed by atoms with Crippen molar-refractivity contribution in [2.45, 2.75) is 40.5 Å². The zero-order valence-electron chi connectivity index (χ0n) is 9.48. The molecule has 1 heterocycles. The normalized spacial score (nSPS) is 17.0. The van der Waals surface area contributed by atoms with Crippen LogP contribution in [0.2, 0.25) is 0 Å². The van der Waals surface area contributed by atoms with E-state index in [1.165, 1.54) is 12.8 Å². The molecule has 0 atom stereocenters. The second-order valence-electron chi connectivity index (χ2n) is 3.47. The Morgan fingerprint density at radius 1 is 1.15 bits per heavy atom. The number of hydrogen-bond donors (Lipinski definition) is 1. The summed E-state index contributed by atoms with van der Waals surface area (Å²) < 4.78 is 0. The third-order valence-electron chi connectivity index (χ3n) is 1.92. The molecule has 1 nitrogen and oxygen atoms in total. The van der Waals surface area contributed by atoms with Crippen LogP contribution in [0.15, 0.2) is 0 Å². The molecule has 0 unspecified atom stereocenters. The molecule has 0 saturated carbocycles. The van der Waals surface area contributed by atoms with Gasteiger partial charge in [0.15, 0.2) is 0 Å². The summed E-state index contributed by atoms with van der Waals surface area (Å²) in [6, 6.07) is 0. The number of nitrogens with one attached hydrogen (secondary N) is 1. The van der Waals surface area contributed by atoms with Crippen molar-refractivity contribution in [3.63, 3.8) is 0 Å². The maximum atomic E-state index is 3.33. The lowest BCUT2D eigenvalue weighted by Gasteiger charge is -2.17. The number of piperidine rings is 1. The Balaban J connectivity index is 0.000000671. The Morgan fingerprint density at radius 2 is 1.69 bits per heavy atom. The van der Waals surface area contributed by atoms with Crippen molar-refractivity contribution in [1.29, 1.82) is 0 Å². The van der Waals surface area contributed by atoms with E-state index in [0.29, 0.717) is 11.8 Å². The van der Waals surface area contributed by atoms with E-state index >= 15 is 0 Å². The van der Waals surface area contributed by atoms with E-state index in [1.807, 2.05) is 13.8 Å². The van der Waals surface area contributed by atoms with Crippen molar-refractivity contribution in [2.75, 3.05) is 13.1 Å². The van der Waals surface area contributed by atoms with Crippen molar-refractivity contribution in [1.82, 2.24) is 5.32 Å². The largest absolute Gasteiger partial charge is 0.317 e. The molecular weight excluding hydrogens is 158 g/mol. The van der Waals surface area contributed by atoms with Crippen LogP contribution in [-0.2, 0) is 0 Å². The van der Waals surface area contributed by atoms with Gasteiger partial charge in [-0.1, -0.05) is 33.6 Å². The smallest absolute Gasteiger partial charge is 0.0227 e. The summed E-state index contributed by atoms with van der Waals surface area (Å²) in [5.41, 5.74) is 0. The van der Waals surface area contributed by atoms with Gasteiger partial charge in [-0.25, -0.2) is 0 Å². The molecule has 1 fully saturated rings. The first-order valence-corrected chi connectivity index (χ1v) is 5.51. The molecule has 13 heavy (non-hydrogen) atoms. The summed E-state index contributed by atoms with van der Waals surface area (Å²) in [4.78, 5) is 0. The molecule has 0 amide bonds. The van der Waals surface area contributed by atoms with Gasteiger partial charge in [0.25, 0.3) is 0 Å². The van der Waals surface area contributed by atoms with E-state index in [4.69, 9.17) is 0 Å². The predicted molar refractivity (Wildman–Crippen MR) is 59.6 cm³/mol. The van der Waals surface area contributed by atoms with Crippen LogP contribution in [0, 0.1) is 23.7 Å². The van der Waals surface area contributed by atoms with Crippen LogP contribution in [0.1, 0.15) is 40.5 Å². The van der Waals surface area contributed by atoms with Gasteiger partial charge in [0.05, 0.1) is 0 Å². The van der Waals surface area contributed by atoms with Gasteiger partial charge in [0.1, 0.15) is 0 Å². The fourth-order valence-corrected chi connectivity index (χ4v) is 1.25. The van der Waals surface area contributed by atoms with Gasteiger partial charge < -0.3 is 5.32 Å². The molecule has 76 valence electrons. The van der Waals surface area contributed by atoms with E-state index in [1.54, 1.807) is 0 Å². The standard InChI is InChI=1S/C10H17N.C2H6/c1-9(2)3-4-10-5-7-11-8-6-10;1-2/h9-11H,5-8H2,1-2H3;1-2H3. The Kier molecular flexibility index (Phi) is 7.83. The van der Waals surface area contributed by atoms with Crippen LogP contribution >= 0.6 is 0 Å². The lowest BCUT2D eigenvalue weighted by molar-refractivity contribution is 0.447. The van der Waals surface area contributed by atoms with Crippen LogP contribution < -0.4 is 5.32 Å². The lowest BCUT2D eigenvalue weighted by atomic mass is 9.98. The van der Waals surface area contributed by atoms with Gasteiger partial charge in [-0.15, -0.1) is 5.92 Å². The topological polar surface area (TPSA) is 12.0 Å². The van der Waals surface area contributed by atoms with Crippen LogP contribution in [-0.4, -0.2) is 13.1 Å². The molecule has 0 aromatic carbocycles. The average molecular weight is 181 g/mol. The van der Waals surface area contributed by atoms with Gasteiger partial charge in [-0.05, 0) is 25.9 Å². The van der Waals surface area contributed by atoms with Crippen molar-refractivity contribution >= 4 is 0 Å². The molecule has 1 aliphatic rings. The summed E-state index contributed by atoms with van der Waals surface area (Å²) in [5.74, 6) is 7.77. The quantitative estimate of drug-likeness (QED) is 0.567. The van der Waals surface area contributed by atoms with Crippen LogP contribution in [0.25, 0.3) is 0 Å². The Bertz CT molecular complexity index is 156. The van der Waals surface area contributed by atoms with Gasteiger partial charge in [-0.3, -0.25) is 0 Å². The molecule has 0 aromatic heterocycles. The monoisotopic (exact) mass is 181 g/mol. The molecule has 0 aromatic rings. The highest BCUT2D eigenvalue weighted by Crippen LogP contribution is 2.09. The van der Waals surface area contributed by atoms with Crippen LogP contribution in [0.3, 0.4) is 0 Å². The highest BCUT2D eigenvalue weighted by atomic mass is 14.9. The molecule has 1 heteroatoms. The summed E-state index contributed by atoms with van der Waals surface area (Å²) in [6.45, 7) is 10.6. The first kappa shape index (κ1) is 12.5. The lowest BCUT2D eigenvalue weighted by Crippen LogP contribution is -2.26. The van der Waals surface area contributed by atoms with Crippen molar-refractivity contribution < 1.29 is 0 Å². The summed E-state index contributed by atoms with van der Waals surface area (Å²) in [7, 11) is 0. The van der Waals surface area contributed by atoms with E-state index in [-0.39, 0.29) is 0 Å². The highest BCUT2D eigenvalue weighted by Gasteiger charge is 2.08. The molecule has 0 spiro atoms. The van der Waals surface area contributed by atoms with Gasteiger partial charge in [0.2, 0.25) is 0 Å². The van der Waals surface area contributed by atoms with Crippen LogP contribution in [0.4, 0.5) is 0 Å². The molecule has 0 bridgehead atoms. The third-order valence-corrected chi connectivity index (χ3v) is 1.92. The molecule has 0 radical (unpaired) electrons. The average Bonchev–Trinajstić information content (AvgIpc) is 2.19. The molecule has 1 aliphatic heterocycles. The van der Waals surface area contributed by atoms with Crippen LogP contribution in [0.5, 0.6) is 0 Å². The maximum Gasteiger partial charge on any atom is 0.0227 e.